The number of rotatable bonds is 3. The lowest BCUT2D eigenvalue weighted by Crippen LogP contribution is -2.25. The summed E-state index contributed by atoms with van der Waals surface area (Å²) < 4.78 is 0. The molecule has 0 aliphatic heterocycles. The molecule has 1 nitrogen and oxygen atoms in total. The van der Waals surface area contributed by atoms with Crippen LogP contribution in [-0.2, 0) is 0 Å². The third-order valence-corrected chi connectivity index (χ3v) is 2.84. The second-order valence-corrected chi connectivity index (χ2v) is 4.16. The minimum absolute atomic E-state index is 0.116. The van der Waals surface area contributed by atoms with E-state index in [1.807, 2.05) is 12.1 Å². The molecule has 0 saturated carbocycles. The molecule has 2 N–H and O–H groups in total. The van der Waals surface area contributed by atoms with Crippen molar-refractivity contribution < 1.29 is 0 Å². The molecule has 0 unspecified atom stereocenters. The van der Waals surface area contributed by atoms with E-state index in [4.69, 9.17) is 5.73 Å². The van der Waals surface area contributed by atoms with E-state index in [-0.39, 0.29) is 12.0 Å². The maximum Gasteiger partial charge on any atom is 0.0238 e. The van der Waals surface area contributed by atoms with Crippen molar-refractivity contribution in [2.24, 2.45) is 5.73 Å². The van der Waals surface area contributed by atoms with Gasteiger partial charge in [0, 0.05) is 12.0 Å². The van der Waals surface area contributed by atoms with E-state index in [9.17, 15) is 0 Å². The molecule has 0 aromatic heterocycles. The summed E-state index contributed by atoms with van der Waals surface area (Å²) in [4.78, 5) is 0. The maximum atomic E-state index is 6.10. The Kier molecular flexibility index (Phi) is 3.37. The lowest BCUT2D eigenvalue weighted by molar-refractivity contribution is 0.645. The van der Waals surface area contributed by atoms with Crippen molar-refractivity contribution in [2.45, 2.75) is 18.9 Å². The zero-order valence-electron chi connectivity index (χ0n) is 9.51. The summed E-state index contributed by atoms with van der Waals surface area (Å²) in [6, 6.07) is 21.0. The monoisotopic (exact) mass is 211 g/mol. The van der Waals surface area contributed by atoms with Gasteiger partial charge in [-0.3, -0.25) is 0 Å². The Morgan fingerprint density at radius 1 is 0.750 bits per heavy atom. The summed E-state index contributed by atoms with van der Waals surface area (Å²) in [7, 11) is 0. The van der Waals surface area contributed by atoms with Gasteiger partial charge < -0.3 is 5.73 Å². The van der Waals surface area contributed by atoms with Crippen LogP contribution >= 0.6 is 0 Å². The molecule has 0 aliphatic carbocycles. The molecule has 0 saturated heterocycles. The van der Waals surface area contributed by atoms with Gasteiger partial charge in [0.25, 0.3) is 0 Å². The molecular formula is C15H17N. The molecule has 16 heavy (non-hydrogen) atoms. The van der Waals surface area contributed by atoms with Gasteiger partial charge in [0.05, 0.1) is 0 Å². The third-order valence-electron chi connectivity index (χ3n) is 2.84. The smallest absolute Gasteiger partial charge is 0.0238 e. The zero-order chi connectivity index (χ0) is 11.4. The molecule has 0 fully saturated rings. The number of hydrogen-bond donors (Lipinski definition) is 1. The first-order chi connectivity index (χ1) is 7.79. The molecule has 0 heterocycles. The molecule has 0 bridgehead atoms. The maximum absolute atomic E-state index is 6.10. The molecule has 0 radical (unpaired) electrons. The quantitative estimate of drug-likeness (QED) is 0.829. The number of benzene rings is 2. The number of nitrogens with two attached hydrogens (primary N) is 1. The minimum Gasteiger partial charge on any atom is -0.327 e. The Morgan fingerprint density at radius 2 is 1.12 bits per heavy atom. The van der Waals surface area contributed by atoms with Crippen molar-refractivity contribution >= 4 is 0 Å². The fourth-order valence-electron chi connectivity index (χ4n) is 2.12. The lowest BCUT2D eigenvalue weighted by atomic mass is 9.86. The van der Waals surface area contributed by atoms with E-state index >= 15 is 0 Å². The van der Waals surface area contributed by atoms with Crippen molar-refractivity contribution in [3.8, 4) is 0 Å². The van der Waals surface area contributed by atoms with Crippen LogP contribution in [0.1, 0.15) is 24.0 Å². The lowest BCUT2D eigenvalue weighted by Gasteiger charge is -2.21. The molecular weight excluding hydrogens is 194 g/mol. The van der Waals surface area contributed by atoms with Gasteiger partial charge in [-0.1, -0.05) is 60.7 Å². The summed E-state index contributed by atoms with van der Waals surface area (Å²) >= 11 is 0. The van der Waals surface area contributed by atoms with Crippen LogP contribution in [0.2, 0.25) is 0 Å². The highest BCUT2D eigenvalue weighted by atomic mass is 14.6. The van der Waals surface area contributed by atoms with Crippen LogP contribution in [0.5, 0.6) is 0 Å². The fraction of sp³-hybridized carbons (Fsp3) is 0.200. The normalized spacial score (nSPS) is 12.7. The van der Waals surface area contributed by atoms with Crippen LogP contribution < -0.4 is 5.73 Å². The van der Waals surface area contributed by atoms with Crippen molar-refractivity contribution in [2.75, 3.05) is 0 Å². The van der Waals surface area contributed by atoms with E-state index < -0.39 is 0 Å². The fourth-order valence-corrected chi connectivity index (χ4v) is 2.12. The summed E-state index contributed by atoms with van der Waals surface area (Å²) in [5.41, 5.74) is 8.66. The largest absolute Gasteiger partial charge is 0.327 e. The SMILES string of the molecule is C[C@@H](N)C(c1ccccc1)c1ccccc1. The second-order valence-electron chi connectivity index (χ2n) is 4.16. The first-order valence-corrected chi connectivity index (χ1v) is 5.64. The van der Waals surface area contributed by atoms with Crippen molar-refractivity contribution in [1.29, 1.82) is 0 Å². The molecule has 1 atom stereocenters. The van der Waals surface area contributed by atoms with Gasteiger partial charge in [0.2, 0.25) is 0 Å². The highest BCUT2D eigenvalue weighted by Gasteiger charge is 2.17. The van der Waals surface area contributed by atoms with E-state index in [2.05, 4.69) is 55.5 Å². The molecule has 82 valence electrons. The van der Waals surface area contributed by atoms with Gasteiger partial charge in [0.15, 0.2) is 0 Å². The second kappa shape index (κ2) is 4.95. The van der Waals surface area contributed by atoms with Gasteiger partial charge >= 0.3 is 0 Å². The molecule has 0 amide bonds. The average Bonchev–Trinajstić information content (AvgIpc) is 2.31. The Morgan fingerprint density at radius 3 is 1.44 bits per heavy atom. The Labute approximate surface area is 96.9 Å². The Hall–Kier alpha value is -1.60. The minimum atomic E-state index is 0.116. The van der Waals surface area contributed by atoms with E-state index in [0.717, 1.165) is 0 Å². The highest BCUT2D eigenvalue weighted by molar-refractivity contribution is 5.33. The topological polar surface area (TPSA) is 26.0 Å². The summed E-state index contributed by atoms with van der Waals surface area (Å²) in [5.74, 6) is 0.280. The van der Waals surface area contributed by atoms with Gasteiger partial charge in [-0.25, -0.2) is 0 Å². The van der Waals surface area contributed by atoms with Gasteiger partial charge in [-0.15, -0.1) is 0 Å². The first kappa shape index (κ1) is 10.9. The first-order valence-electron chi connectivity index (χ1n) is 5.64. The summed E-state index contributed by atoms with van der Waals surface area (Å²) in [5, 5.41) is 0. The molecule has 2 rings (SSSR count). The van der Waals surface area contributed by atoms with Crippen LogP contribution in [0, 0.1) is 0 Å². The zero-order valence-corrected chi connectivity index (χ0v) is 9.51. The van der Waals surface area contributed by atoms with E-state index in [1.165, 1.54) is 11.1 Å². The summed E-state index contributed by atoms with van der Waals surface area (Å²) in [6.45, 7) is 2.06. The van der Waals surface area contributed by atoms with Gasteiger partial charge in [-0.2, -0.15) is 0 Å². The average molecular weight is 211 g/mol. The van der Waals surface area contributed by atoms with Crippen molar-refractivity contribution in [1.82, 2.24) is 0 Å². The number of hydrogen-bond acceptors (Lipinski definition) is 1. The molecule has 0 aliphatic rings. The van der Waals surface area contributed by atoms with Crippen LogP contribution in [0.4, 0.5) is 0 Å². The van der Waals surface area contributed by atoms with Gasteiger partial charge in [0.1, 0.15) is 0 Å². The standard InChI is InChI=1S/C15H17N/c1-12(16)15(13-8-4-2-5-9-13)14-10-6-3-7-11-14/h2-12,15H,16H2,1H3/t12-/m1/s1. The van der Waals surface area contributed by atoms with Crippen LogP contribution in [-0.4, -0.2) is 6.04 Å². The third kappa shape index (κ3) is 2.31. The van der Waals surface area contributed by atoms with Crippen LogP contribution in [0.3, 0.4) is 0 Å². The van der Waals surface area contributed by atoms with E-state index in [0.29, 0.717) is 0 Å². The van der Waals surface area contributed by atoms with E-state index in [1.54, 1.807) is 0 Å². The van der Waals surface area contributed by atoms with Gasteiger partial charge in [-0.05, 0) is 18.1 Å². The molecule has 0 spiro atoms. The molecule has 2 aromatic carbocycles. The molecule has 1 heteroatoms. The Bertz CT molecular complexity index is 380. The predicted octanol–water partition coefficient (Wildman–Crippen LogP) is 3.17. The van der Waals surface area contributed by atoms with Crippen molar-refractivity contribution in [3.05, 3.63) is 71.8 Å². The summed E-state index contributed by atoms with van der Waals surface area (Å²) in [6.07, 6.45) is 0. The molecule has 2 aromatic rings. The van der Waals surface area contributed by atoms with Crippen LogP contribution in [0.25, 0.3) is 0 Å². The van der Waals surface area contributed by atoms with Crippen molar-refractivity contribution in [3.63, 3.8) is 0 Å². The highest BCUT2D eigenvalue weighted by Crippen LogP contribution is 2.26. The Balaban J connectivity index is 2.40. The predicted molar refractivity (Wildman–Crippen MR) is 68.4 cm³/mol. The van der Waals surface area contributed by atoms with Crippen LogP contribution in [0.15, 0.2) is 60.7 Å².